The smallest absolute Gasteiger partial charge is 0.202 e. The lowest BCUT2D eigenvalue weighted by atomic mass is 10.2. The molecule has 0 spiro atoms. The second-order valence-corrected chi connectivity index (χ2v) is 2.88. The Morgan fingerprint density at radius 2 is 1.11 bits per heavy atom. The van der Waals surface area contributed by atoms with E-state index in [1.807, 2.05) is 0 Å². The molecule has 0 unspecified atom stereocenters. The van der Waals surface area contributed by atoms with Gasteiger partial charge >= 0.3 is 24.5 Å². The third kappa shape index (κ3) is 3.54. The van der Waals surface area contributed by atoms with Crippen LogP contribution in [0.4, 0.5) is 39.5 Å². The third-order valence-electron chi connectivity index (χ3n) is 1.56. The summed E-state index contributed by atoms with van der Waals surface area (Å²) in [5.74, 6) is -5.10. The zero-order chi connectivity index (χ0) is 15.0. The molecule has 3 nitrogen and oxygen atoms in total. The van der Waals surface area contributed by atoms with Crippen LogP contribution in [-0.2, 0) is 0 Å². The average Bonchev–Trinajstić information content (AvgIpc) is 2.10. The Labute approximate surface area is 97.4 Å². The molecule has 106 valence electrons. The van der Waals surface area contributed by atoms with Crippen molar-refractivity contribution in [2.45, 2.75) is 12.4 Å². The number of aromatic nitrogens is 3. The summed E-state index contributed by atoms with van der Waals surface area (Å²) in [4.78, 5) is 6.63. The summed E-state index contributed by atoms with van der Waals surface area (Å²) in [5.41, 5.74) is -3.61. The fourth-order valence-electron chi connectivity index (χ4n) is 0.945. The van der Waals surface area contributed by atoms with Crippen LogP contribution in [0.2, 0.25) is 0 Å². The fraction of sp³-hybridized carbons (Fsp3) is 0.286. The van der Waals surface area contributed by atoms with Gasteiger partial charge in [0.2, 0.25) is 0 Å². The number of hydrogen-bond acceptors (Lipinski definition) is 3. The van der Waals surface area contributed by atoms with Gasteiger partial charge in [0.05, 0.1) is 0 Å². The van der Waals surface area contributed by atoms with Crippen LogP contribution in [0, 0.1) is 12.2 Å². The van der Waals surface area contributed by atoms with Gasteiger partial charge in [-0.25, -0.2) is 4.39 Å². The summed E-state index contributed by atoms with van der Waals surface area (Å²) >= 11 is 0. The van der Waals surface area contributed by atoms with Crippen molar-refractivity contribution < 1.29 is 39.5 Å². The molecule has 0 atom stereocenters. The van der Waals surface area contributed by atoms with Crippen LogP contribution in [0.5, 0.6) is 0 Å². The molecular weight excluding hydrogens is 297 g/mol. The Morgan fingerprint density at radius 1 is 0.737 bits per heavy atom. The van der Waals surface area contributed by atoms with Gasteiger partial charge in [0.25, 0.3) is 0 Å². The number of alkyl halides is 6. The lowest BCUT2D eigenvalue weighted by Gasteiger charge is -2.15. The normalized spacial score (nSPS) is 12.5. The number of allylic oxidation sites excluding steroid dienone is 1. The van der Waals surface area contributed by atoms with E-state index >= 15 is 0 Å². The SMILES string of the molecule is FC(=C(C(F)(F)F)C(F)(F)F)c1nc(F)nc(F)n1. The number of hydrogen-bond donors (Lipinski definition) is 0. The summed E-state index contributed by atoms with van der Waals surface area (Å²) < 4.78 is 110. The lowest BCUT2D eigenvalue weighted by Crippen LogP contribution is -2.27. The summed E-state index contributed by atoms with van der Waals surface area (Å²) in [6, 6.07) is 0. The molecule has 0 amide bonds. The summed E-state index contributed by atoms with van der Waals surface area (Å²) in [6.07, 6.45) is -16.4. The van der Waals surface area contributed by atoms with E-state index in [9.17, 15) is 39.5 Å². The zero-order valence-corrected chi connectivity index (χ0v) is 8.24. The molecule has 0 aromatic carbocycles. The minimum atomic E-state index is -6.15. The van der Waals surface area contributed by atoms with Crippen LogP contribution < -0.4 is 0 Å². The molecule has 1 aromatic rings. The standard InChI is InChI=1S/C7F9N3/c8-1(2(6(11,12)13)7(14,15)16)3-17-4(9)19-5(10)18-3. The minimum Gasteiger partial charge on any atom is -0.202 e. The molecular formula is C7F9N3. The van der Waals surface area contributed by atoms with E-state index in [1.54, 1.807) is 0 Å². The minimum absolute atomic E-state index is 2.05. The van der Waals surface area contributed by atoms with Gasteiger partial charge in [0, 0.05) is 0 Å². The van der Waals surface area contributed by atoms with E-state index in [1.165, 1.54) is 0 Å². The van der Waals surface area contributed by atoms with E-state index in [0.717, 1.165) is 0 Å². The van der Waals surface area contributed by atoms with Gasteiger partial charge in [-0.1, -0.05) is 0 Å². The molecule has 19 heavy (non-hydrogen) atoms. The molecule has 0 aliphatic heterocycles. The Bertz CT molecular complexity index is 479. The first-order chi connectivity index (χ1) is 8.43. The third-order valence-corrected chi connectivity index (χ3v) is 1.56. The van der Waals surface area contributed by atoms with Crippen molar-refractivity contribution in [1.29, 1.82) is 0 Å². The monoisotopic (exact) mass is 297 g/mol. The maximum Gasteiger partial charge on any atom is 0.424 e. The highest BCUT2D eigenvalue weighted by molar-refractivity contribution is 5.58. The Balaban J connectivity index is 3.54. The lowest BCUT2D eigenvalue weighted by molar-refractivity contribution is -0.171. The highest BCUT2D eigenvalue weighted by Crippen LogP contribution is 2.42. The van der Waals surface area contributed by atoms with Crippen molar-refractivity contribution in [2.75, 3.05) is 0 Å². The van der Waals surface area contributed by atoms with E-state index in [2.05, 4.69) is 15.0 Å². The molecule has 0 fully saturated rings. The van der Waals surface area contributed by atoms with Crippen LogP contribution >= 0.6 is 0 Å². The van der Waals surface area contributed by atoms with E-state index in [-0.39, 0.29) is 0 Å². The Kier molecular flexibility index (Phi) is 3.72. The van der Waals surface area contributed by atoms with Gasteiger partial charge in [0.1, 0.15) is 0 Å². The molecule has 12 heteroatoms. The summed E-state index contributed by atoms with van der Waals surface area (Å²) in [5, 5.41) is 0. The van der Waals surface area contributed by atoms with Crippen molar-refractivity contribution in [1.82, 2.24) is 15.0 Å². The van der Waals surface area contributed by atoms with E-state index < -0.39 is 41.7 Å². The van der Waals surface area contributed by atoms with Gasteiger partial charge in [-0.2, -0.15) is 50.1 Å². The first-order valence-corrected chi connectivity index (χ1v) is 4.04. The zero-order valence-electron chi connectivity index (χ0n) is 8.24. The van der Waals surface area contributed by atoms with E-state index in [0.29, 0.717) is 0 Å². The predicted octanol–water partition coefficient (Wildman–Crippen LogP) is 2.95. The van der Waals surface area contributed by atoms with Gasteiger partial charge in [-0.05, 0) is 0 Å². The van der Waals surface area contributed by atoms with Crippen molar-refractivity contribution in [3.63, 3.8) is 0 Å². The van der Waals surface area contributed by atoms with Gasteiger partial charge in [-0.15, -0.1) is 0 Å². The number of rotatable bonds is 1. The van der Waals surface area contributed by atoms with E-state index in [4.69, 9.17) is 0 Å². The number of halogens is 9. The largest absolute Gasteiger partial charge is 0.424 e. The van der Waals surface area contributed by atoms with Gasteiger partial charge < -0.3 is 0 Å². The first kappa shape index (κ1) is 15.2. The van der Waals surface area contributed by atoms with Crippen molar-refractivity contribution in [3.05, 3.63) is 23.6 Å². The molecule has 1 rings (SSSR count). The molecule has 1 aromatic heterocycles. The highest BCUT2D eigenvalue weighted by Gasteiger charge is 2.54. The Hall–Kier alpha value is -1.88. The molecule has 1 heterocycles. The molecule has 0 aliphatic rings. The summed E-state index contributed by atoms with van der Waals surface area (Å²) in [6.45, 7) is 0. The highest BCUT2D eigenvalue weighted by atomic mass is 19.4. The van der Waals surface area contributed by atoms with Crippen LogP contribution in [0.3, 0.4) is 0 Å². The summed E-state index contributed by atoms with van der Waals surface area (Å²) in [7, 11) is 0. The molecule has 0 aliphatic carbocycles. The second kappa shape index (κ2) is 4.66. The molecule has 0 bridgehead atoms. The van der Waals surface area contributed by atoms with Gasteiger partial charge in [0.15, 0.2) is 17.2 Å². The molecule has 0 saturated heterocycles. The fourth-order valence-corrected chi connectivity index (χ4v) is 0.945. The van der Waals surface area contributed by atoms with Crippen molar-refractivity contribution >= 4 is 5.83 Å². The molecule has 0 radical (unpaired) electrons. The van der Waals surface area contributed by atoms with Crippen LogP contribution in [0.15, 0.2) is 5.57 Å². The molecule has 0 saturated carbocycles. The molecule has 0 N–H and O–H groups in total. The van der Waals surface area contributed by atoms with Crippen molar-refractivity contribution in [3.8, 4) is 0 Å². The Morgan fingerprint density at radius 3 is 1.42 bits per heavy atom. The number of nitrogens with zero attached hydrogens (tertiary/aromatic N) is 3. The second-order valence-electron chi connectivity index (χ2n) is 2.88. The predicted molar refractivity (Wildman–Crippen MR) is 39.9 cm³/mol. The first-order valence-electron chi connectivity index (χ1n) is 4.04. The van der Waals surface area contributed by atoms with Crippen molar-refractivity contribution in [2.24, 2.45) is 0 Å². The topological polar surface area (TPSA) is 38.7 Å². The maximum absolute atomic E-state index is 13.1. The van der Waals surface area contributed by atoms with Crippen LogP contribution in [0.25, 0.3) is 5.83 Å². The van der Waals surface area contributed by atoms with Crippen LogP contribution in [-0.4, -0.2) is 27.3 Å². The van der Waals surface area contributed by atoms with Crippen LogP contribution in [0.1, 0.15) is 5.82 Å². The van der Waals surface area contributed by atoms with Gasteiger partial charge in [-0.3, -0.25) is 0 Å². The quantitative estimate of drug-likeness (QED) is 0.748. The average molecular weight is 297 g/mol. The maximum atomic E-state index is 13.1.